The summed E-state index contributed by atoms with van der Waals surface area (Å²) >= 11 is 1.30. The van der Waals surface area contributed by atoms with Gasteiger partial charge in [0, 0.05) is 6.07 Å². The molecule has 0 bridgehead atoms. The SMILES string of the molecule is CCc1nnc(NC(=O)c2cc(-c3ccco3)n(C3CCS(=O)(=O)C3)n2)s1. The van der Waals surface area contributed by atoms with Crippen molar-refractivity contribution >= 4 is 32.2 Å². The molecular weight excluding hydrogens is 390 g/mol. The summed E-state index contributed by atoms with van der Waals surface area (Å²) in [4.78, 5) is 12.6. The van der Waals surface area contributed by atoms with Crippen LogP contribution >= 0.6 is 11.3 Å². The fraction of sp³-hybridized carbons (Fsp3) is 0.375. The molecule has 0 spiro atoms. The lowest BCUT2D eigenvalue weighted by atomic mass is 10.2. The molecule has 27 heavy (non-hydrogen) atoms. The van der Waals surface area contributed by atoms with Crippen LogP contribution in [0.5, 0.6) is 0 Å². The molecule has 1 saturated heterocycles. The first-order chi connectivity index (χ1) is 12.9. The Labute approximate surface area is 159 Å². The van der Waals surface area contributed by atoms with Crippen LogP contribution < -0.4 is 5.32 Å². The van der Waals surface area contributed by atoms with Crippen molar-refractivity contribution in [3.63, 3.8) is 0 Å². The van der Waals surface area contributed by atoms with Crippen molar-refractivity contribution in [1.82, 2.24) is 20.0 Å². The molecule has 4 heterocycles. The molecule has 0 saturated carbocycles. The third kappa shape index (κ3) is 3.65. The number of rotatable bonds is 5. The molecule has 1 N–H and O–H groups in total. The Hall–Kier alpha value is -2.53. The maximum Gasteiger partial charge on any atom is 0.278 e. The van der Waals surface area contributed by atoms with Crippen LogP contribution in [0.15, 0.2) is 28.9 Å². The topological polar surface area (TPSA) is 120 Å². The third-order valence-corrected chi connectivity index (χ3v) is 7.02. The zero-order valence-corrected chi connectivity index (χ0v) is 16.1. The van der Waals surface area contributed by atoms with Crippen molar-refractivity contribution in [3.05, 3.63) is 35.2 Å². The van der Waals surface area contributed by atoms with Crippen LogP contribution in [0.2, 0.25) is 0 Å². The molecule has 11 heteroatoms. The van der Waals surface area contributed by atoms with Crippen LogP contribution in [0.4, 0.5) is 5.13 Å². The van der Waals surface area contributed by atoms with Crippen molar-refractivity contribution in [1.29, 1.82) is 0 Å². The van der Waals surface area contributed by atoms with Crippen molar-refractivity contribution in [2.75, 3.05) is 16.8 Å². The molecule has 1 aliphatic heterocycles. The predicted octanol–water partition coefficient (Wildman–Crippen LogP) is 2.17. The summed E-state index contributed by atoms with van der Waals surface area (Å²) in [5, 5.41) is 16.2. The number of aromatic nitrogens is 4. The number of carbonyl (C=O) groups excluding carboxylic acids is 1. The zero-order valence-electron chi connectivity index (χ0n) is 14.5. The van der Waals surface area contributed by atoms with Gasteiger partial charge in [-0.1, -0.05) is 18.3 Å². The van der Waals surface area contributed by atoms with Crippen molar-refractivity contribution in [2.24, 2.45) is 0 Å². The molecule has 1 unspecified atom stereocenters. The van der Waals surface area contributed by atoms with E-state index in [4.69, 9.17) is 4.42 Å². The van der Waals surface area contributed by atoms with Gasteiger partial charge < -0.3 is 4.42 Å². The second kappa shape index (κ2) is 6.89. The number of furan rings is 1. The quantitative estimate of drug-likeness (QED) is 0.688. The summed E-state index contributed by atoms with van der Waals surface area (Å²) in [6.07, 6.45) is 2.71. The molecule has 142 valence electrons. The first-order valence-electron chi connectivity index (χ1n) is 8.43. The Morgan fingerprint density at radius 2 is 2.30 bits per heavy atom. The van der Waals surface area contributed by atoms with E-state index in [1.165, 1.54) is 17.6 Å². The summed E-state index contributed by atoms with van der Waals surface area (Å²) in [7, 11) is -3.10. The van der Waals surface area contributed by atoms with Gasteiger partial charge in [-0.25, -0.2) is 8.42 Å². The van der Waals surface area contributed by atoms with Gasteiger partial charge in [-0.2, -0.15) is 5.10 Å². The molecule has 0 aliphatic carbocycles. The Kier molecular flexibility index (Phi) is 4.56. The number of sulfone groups is 1. The third-order valence-electron chi connectivity index (χ3n) is 4.29. The number of hydrogen-bond acceptors (Lipinski definition) is 8. The molecule has 3 aromatic rings. The van der Waals surface area contributed by atoms with Gasteiger partial charge in [0.2, 0.25) is 5.13 Å². The standard InChI is InChI=1S/C16H17N5O4S2/c1-2-14-18-19-16(26-14)17-15(22)11-8-12(13-4-3-6-25-13)21(20-11)10-5-7-27(23,24)9-10/h3-4,6,8,10H,2,5,7,9H2,1H3,(H,17,19,22). The van der Waals surface area contributed by atoms with Gasteiger partial charge in [0.1, 0.15) is 10.7 Å². The Balaban J connectivity index is 1.65. The van der Waals surface area contributed by atoms with Gasteiger partial charge in [0.25, 0.3) is 5.91 Å². The van der Waals surface area contributed by atoms with Crippen LogP contribution in [0.3, 0.4) is 0 Å². The summed E-state index contributed by atoms with van der Waals surface area (Å²) < 4.78 is 30.8. The smallest absolute Gasteiger partial charge is 0.278 e. The minimum absolute atomic E-state index is 0.000290. The number of carbonyl (C=O) groups is 1. The van der Waals surface area contributed by atoms with Crippen LogP contribution in [-0.4, -0.2) is 45.8 Å². The van der Waals surface area contributed by atoms with Gasteiger partial charge in [-0.3, -0.25) is 14.8 Å². The van der Waals surface area contributed by atoms with E-state index in [-0.39, 0.29) is 23.2 Å². The number of anilines is 1. The Morgan fingerprint density at radius 1 is 1.44 bits per heavy atom. The highest BCUT2D eigenvalue weighted by Crippen LogP contribution is 2.30. The highest BCUT2D eigenvalue weighted by molar-refractivity contribution is 7.91. The lowest BCUT2D eigenvalue weighted by molar-refractivity contribution is 0.102. The van der Waals surface area contributed by atoms with Gasteiger partial charge in [-0.05, 0) is 25.0 Å². The first kappa shape index (κ1) is 17.9. The molecule has 9 nitrogen and oxygen atoms in total. The van der Waals surface area contributed by atoms with E-state index in [0.717, 1.165) is 11.4 Å². The lowest BCUT2D eigenvalue weighted by Crippen LogP contribution is -2.16. The Morgan fingerprint density at radius 3 is 2.93 bits per heavy atom. The number of amides is 1. The summed E-state index contributed by atoms with van der Waals surface area (Å²) in [5.74, 6) is 0.206. The fourth-order valence-electron chi connectivity index (χ4n) is 2.97. The Bertz CT molecular complexity index is 1070. The second-order valence-corrected chi connectivity index (χ2v) is 9.49. The maximum absolute atomic E-state index is 12.6. The van der Waals surface area contributed by atoms with Crippen LogP contribution in [0.25, 0.3) is 11.5 Å². The molecular formula is C16H17N5O4S2. The molecule has 1 atom stereocenters. The monoisotopic (exact) mass is 407 g/mol. The molecule has 1 amide bonds. The fourth-order valence-corrected chi connectivity index (χ4v) is 5.34. The van der Waals surface area contributed by atoms with Crippen molar-refractivity contribution < 1.29 is 17.6 Å². The predicted molar refractivity (Wildman–Crippen MR) is 99.5 cm³/mol. The minimum atomic E-state index is -3.10. The second-order valence-electron chi connectivity index (χ2n) is 6.20. The van der Waals surface area contributed by atoms with E-state index in [9.17, 15) is 13.2 Å². The molecule has 0 aromatic carbocycles. The molecule has 4 rings (SSSR count). The molecule has 0 radical (unpaired) electrons. The van der Waals surface area contributed by atoms with E-state index >= 15 is 0 Å². The van der Waals surface area contributed by atoms with E-state index in [0.29, 0.717) is 23.0 Å². The van der Waals surface area contributed by atoms with Crippen LogP contribution in [0, 0.1) is 0 Å². The highest BCUT2D eigenvalue weighted by atomic mass is 32.2. The summed E-state index contributed by atoms with van der Waals surface area (Å²) in [5.41, 5.74) is 0.734. The minimum Gasteiger partial charge on any atom is -0.463 e. The van der Waals surface area contributed by atoms with E-state index in [1.54, 1.807) is 22.9 Å². The van der Waals surface area contributed by atoms with E-state index in [2.05, 4.69) is 20.6 Å². The largest absolute Gasteiger partial charge is 0.463 e. The average Bonchev–Trinajstić information content (AvgIpc) is 3.40. The first-order valence-corrected chi connectivity index (χ1v) is 11.1. The highest BCUT2D eigenvalue weighted by Gasteiger charge is 2.32. The summed E-state index contributed by atoms with van der Waals surface area (Å²) in [6.45, 7) is 1.96. The number of aryl methyl sites for hydroxylation is 1. The summed E-state index contributed by atoms with van der Waals surface area (Å²) in [6, 6.07) is 4.74. The molecule has 1 aliphatic rings. The number of nitrogens with one attached hydrogen (secondary N) is 1. The number of nitrogens with zero attached hydrogens (tertiary/aromatic N) is 4. The lowest BCUT2D eigenvalue weighted by Gasteiger charge is -2.11. The zero-order chi connectivity index (χ0) is 19.0. The van der Waals surface area contributed by atoms with Gasteiger partial charge in [-0.15, -0.1) is 10.2 Å². The maximum atomic E-state index is 12.6. The van der Waals surface area contributed by atoms with E-state index in [1.807, 2.05) is 6.92 Å². The van der Waals surface area contributed by atoms with Gasteiger partial charge >= 0.3 is 0 Å². The van der Waals surface area contributed by atoms with Crippen LogP contribution in [-0.2, 0) is 16.3 Å². The van der Waals surface area contributed by atoms with Gasteiger partial charge in [0.05, 0.1) is 23.8 Å². The molecule has 3 aromatic heterocycles. The molecule has 1 fully saturated rings. The van der Waals surface area contributed by atoms with E-state index < -0.39 is 15.7 Å². The average molecular weight is 407 g/mol. The normalized spacial score (nSPS) is 18.6. The van der Waals surface area contributed by atoms with Crippen LogP contribution in [0.1, 0.15) is 34.9 Å². The van der Waals surface area contributed by atoms with Gasteiger partial charge in [0.15, 0.2) is 21.3 Å². The van der Waals surface area contributed by atoms with Crippen molar-refractivity contribution in [3.8, 4) is 11.5 Å². The number of hydrogen-bond donors (Lipinski definition) is 1. The van der Waals surface area contributed by atoms with Crippen molar-refractivity contribution in [2.45, 2.75) is 25.8 Å².